The number of carbonyl (C=O) groups excluding carboxylic acids is 3. The molecule has 0 aliphatic rings. The molecule has 0 aromatic heterocycles. The number of esters is 1. The quantitative estimate of drug-likeness (QED) is 0.660. The van der Waals surface area contributed by atoms with Crippen molar-refractivity contribution in [1.29, 1.82) is 0 Å². The minimum Gasteiger partial charge on any atom is -0.449 e. The Labute approximate surface area is 162 Å². The standard InChI is InChI=1S/C22H20N2O4/c1-14(28-22(27)17-10-12-18(13-11-17)23-15(2)25)21(26)24-20-9-5-7-16-6-3-4-8-19(16)20/h3-14H,1-2H3,(H,23,25)(H,24,26)/t14-/m1/s1. The molecule has 3 aromatic rings. The van der Waals surface area contributed by atoms with Gasteiger partial charge in [0.15, 0.2) is 6.10 Å². The normalized spacial score (nSPS) is 11.5. The molecule has 1 atom stereocenters. The Morgan fingerprint density at radius 3 is 2.25 bits per heavy atom. The number of ether oxygens (including phenoxy) is 1. The monoisotopic (exact) mass is 376 g/mol. The van der Waals surface area contributed by atoms with Gasteiger partial charge in [-0.2, -0.15) is 0 Å². The number of nitrogens with one attached hydrogen (secondary N) is 2. The average molecular weight is 376 g/mol. The van der Waals surface area contributed by atoms with Gasteiger partial charge < -0.3 is 15.4 Å². The molecular formula is C22H20N2O4. The van der Waals surface area contributed by atoms with Crippen molar-refractivity contribution in [2.45, 2.75) is 20.0 Å². The van der Waals surface area contributed by atoms with Gasteiger partial charge in [-0.15, -0.1) is 0 Å². The number of amides is 2. The molecule has 28 heavy (non-hydrogen) atoms. The molecule has 0 saturated carbocycles. The maximum Gasteiger partial charge on any atom is 0.338 e. The molecule has 6 nitrogen and oxygen atoms in total. The van der Waals surface area contributed by atoms with E-state index in [-0.39, 0.29) is 5.91 Å². The molecule has 6 heteroatoms. The highest BCUT2D eigenvalue weighted by atomic mass is 16.5. The summed E-state index contributed by atoms with van der Waals surface area (Å²) in [4.78, 5) is 35.8. The van der Waals surface area contributed by atoms with Crippen molar-refractivity contribution in [2.75, 3.05) is 10.6 Å². The van der Waals surface area contributed by atoms with Crippen LogP contribution in [0.15, 0.2) is 66.7 Å². The number of carbonyl (C=O) groups is 3. The van der Waals surface area contributed by atoms with Crippen LogP contribution in [0.2, 0.25) is 0 Å². The predicted octanol–water partition coefficient (Wildman–Crippen LogP) is 3.98. The molecule has 0 fully saturated rings. The van der Waals surface area contributed by atoms with E-state index in [9.17, 15) is 14.4 Å². The Kier molecular flexibility index (Phi) is 5.69. The average Bonchev–Trinajstić information content (AvgIpc) is 2.68. The lowest BCUT2D eigenvalue weighted by molar-refractivity contribution is -0.123. The van der Waals surface area contributed by atoms with E-state index in [1.54, 1.807) is 18.2 Å². The lowest BCUT2D eigenvalue weighted by Crippen LogP contribution is -2.30. The second kappa shape index (κ2) is 8.35. The summed E-state index contributed by atoms with van der Waals surface area (Å²) in [6.45, 7) is 2.92. The molecule has 2 amide bonds. The first kappa shape index (κ1) is 19.1. The Morgan fingerprint density at radius 1 is 0.857 bits per heavy atom. The summed E-state index contributed by atoms with van der Waals surface area (Å²) in [7, 11) is 0. The first-order chi connectivity index (χ1) is 13.4. The minimum absolute atomic E-state index is 0.200. The third kappa shape index (κ3) is 4.54. The summed E-state index contributed by atoms with van der Waals surface area (Å²) in [6, 6.07) is 19.6. The molecule has 142 valence electrons. The zero-order chi connectivity index (χ0) is 20.1. The highest BCUT2D eigenvalue weighted by Crippen LogP contribution is 2.23. The summed E-state index contributed by atoms with van der Waals surface area (Å²) in [5.74, 6) is -1.23. The third-order valence-electron chi connectivity index (χ3n) is 4.14. The molecule has 0 radical (unpaired) electrons. The van der Waals surface area contributed by atoms with E-state index in [4.69, 9.17) is 4.74 Å². The fourth-order valence-electron chi connectivity index (χ4n) is 2.74. The molecule has 0 bridgehead atoms. The number of hydrogen-bond donors (Lipinski definition) is 2. The van der Waals surface area contributed by atoms with Gasteiger partial charge in [0.25, 0.3) is 5.91 Å². The molecule has 0 saturated heterocycles. The summed E-state index contributed by atoms with van der Waals surface area (Å²) in [5, 5.41) is 7.34. The van der Waals surface area contributed by atoms with E-state index in [1.165, 1.54) is 26.0 Å². The number of anilines is 2. The van der Waals surface area contributed by atoms with E-state index >= 15 is 0 Å². The van der Waals surface area contributed by atoms with Crippen molar-refractivity contribution in [3.63, 3.8) is 0 Å². The van der Waals surface area contributed by atoms with Gasteiger partial charge >= 0.3 is 5.97 Å². The van der Waals surface area contributed by atoms with Crippen LogP contribution in [0.4, 0.5) is 11.4 Å². The van der Waals surface area contributed by atoms with Crippen molar-refractivity contribution in [3.8, 4) is 0 Å². The van der Waals surface area contributed by atoms with Crippen molar-refractivity contribution in [1.82, 2.24) is 0 Å². The second-order valence-electron chi connectivity index (χ2n) is 6.32. The molecule has 2 N–H and O–H groups in total. The highest BCUT2D eigenvalue weighted by molar-refractivity contribution is 6.04. The maximum atomic E-state index is 12.5. The van der Waals surface area contributed by atoms with Crippen LogP contribution in [-0.4, -0.2) is 23.9 Å². The molecule has 3 aromatic carbocycles. The van der Waals surface area contributed by atoms with Crippen LogP contribution in [0, 0.1) is 0 Å². The Morgan fingerprint density at radius 2 is 1.54 bits per heavy atom. The summed E-state index contributed by atoms with van der Waals surface area (Å²) in [6.07, 6.45) is -0.971. The summed E-state index contributed by atoms with van der Waals surface area (Å²) in [5.41, 5.74) is 1.52. The Bertz CT molecular complexity index is 1020. The van der Waals surface area contributed by atoms with Gasteiger partial charge in [-0.25, -0.2) is 4.79 Å². The zero-order valence-corrected chi connectivity index (χ0v) is 15.6. The fraction of sp³-hybridized carbons (Fsp3) is 0.136. The predicted molar refractivity (Wildman–Crippen MR) is 108 cm³/mol. The molecular weight excluding hydrogens is 356 g/mol. The third-order valence-corrected chi connectivity index (χ3v) is 4.14. The van der Waals surface area contributed by atoms with E-state index in [2.05, 4.69) is 10.6 Å². The smallest absolute Gasteiger partial charge is 0.338 e. The number of benzene rings is 3. The van der Waals surface area contributed by atoms with Crippen molar-refractivity contribution >= 4 is 39.9 Å². The van der Waals surface area contributed by atoms with Crippen LogP contribution in [0.1, 0.15) is 24.2 Å². The van der Waals surface area contributed by atoms with Crippen molar-refractivity contribution in [3.05, 3.63) is 72.3 Å². The fourth-order valence-corrected chi connectivity index (χ4v) is 2.74. The highest BCUT2D eigenvalue weighted by Gasteiger charge is 2.19. The topological polar surface area (TPSA) is 84.5 Å². The van der Waals surface area contributed by atoms with Gasteiger partial charge in [-0.05, 0) is 42.6 Å². The first-order valence-corrected chi connectivity index (χ1v) is 8.81. The Balaban J connectivity index is 1.65. The lowest BCUT2D eigenvalue weighted by atomic mass is 10.1. The molecule has 0 aliphatic heterocycles. The minimum atomic E-state index is -0.971. The van der Waals surface area contributed by atoms with Gasteiger partial charge in [0, 0.05) is 23.7 Å². The van der Waals surface area contributed by atoms with Crippen LogP contribution in [0.25, 0.3) is 10.8 Å². The largest absolute Gasteiger partial charge is 0.449 e. The van der Waals surface area contributed by atoms with Gasteiger partial charge in [-0.3, -0.25) is 9.59 Å². The number of rotatable bonds is 5. The van der Waals surface area contributed by atoms with Gasteiger partial charge in [-0.1, -0.05) is 36.4 Å². The van der Waals surface area contributed by atoms with Crippen LogP contribution in [-0.2, 0) is 14.3 Å². The number of hydrogen-bond acceptors (Lipinski definition) is 4. The van der Waals surface area contributed by atoms with Crippen LogP contribution in [0.5, 0.6) is 0 Å². The second-order valence-corrected chi connectivity index (χ2v) is 6.32. The molecule has 3 rings (SSSR count). The van der Waals surface area contributed by atoms with E-state index in [1.807, 2.05) is 36.4 Å². The van der Waals surface area contributed by atoms with Crippen molar-refractivity contribution in [2.24, 2.45) is 0 Å². The SMILES string of the molecule is CC(=O)Nc1ccc(C(=O)O[C@H](C)C(=O)Nc2cccc3ccccc23)cc1. The molecule has 0 spiro atoms. The first-order valence-electron chi connectivity index (χ1n) is 8.81. The van der Waals surface area contributed by atoms with Crippen LogP contribution >= 0.6 is 0 Å². The molecule has 0 unspecified atom stereocenters. The molecule has 0 heterocycles. The maximum absolute atomic E-state index is 12.5. The van der Waals surface area contributed by atoms with Gasteiger partial charge in [0.05, 0.1) is 5.56 Å². The zero-order valence-electron chi connectivity index (χ0n) is 15.6. The Hall–Kier alpha value is -3.67. The van der Waals surface area contributed by atoms with Crippen molar-refractivity contribution < 1.29 is 19.1 Å². The van der Waals surface area contributed by atoms with Gasteiger partial charge in [0.1, 0.15) is 0 Å². The molecule has 0 aliphatic carbocycles. The van der Waals surface area contributed by atoms with Crippen LogP contribution < -0.4 is 10.6 Å². The summed E-state index contributed by atoms with van der Waals surface area (Å²) >= 11 is 0. The van der Waals surface area contributed by atoms with E-state index in [0.29, 0.717) is 16.9 Å². The van der Waals surface area contributed by atoms with E-state index in [0.717, 1.165) is 10.8 Å². The summed E-state index contributed by atoms with van der Waals surface area (Å²) < 4.78 is 5.27. The van der Waals surface area contributed by atoms with Gasteiger partial charge in [0.2, 0.25) is 5.91 Å². The van der Waals surface area contributed by atoms with Crippen LogP contribution in [0.3, 0.4) is 0 Å². The van der Waals surface area contributed by atoms with E-state index < -0.39 is 18.0 Å². The lowest BCUT2D eigenvalue weighted by Gasteiger charge is -2.15. The number of fused-ring (bicyclic) bond motifs is 1.